The zero-order chi connectivity index (χ0) is 15.5. The summed E-state index contributed by atoms with van der Waals surface area (Å²) >= 11 is 11.8. The summed E-state index contributed by atoms with van der Waals surface area (Å²) in [4.78, 5) is 0.236. The summed E-state index contributed by atoms with van der Waals surface area (Å²) in [5, 5.41) is 0.481. The van der Waals surface area contributed by atoms with Crippen molar-refractivity contribution < 1.29 is 13.2 Å². The molecule has 0 radical (unpaired) electrons. The van der Waals surface area contributed by atoms with E-state index < -0.39 is 10.0 Å². The second-order valence-corrected chi connectivity index (χ2v) is 7.58. The van der Waals surface area contributed by atoms with Gasteiger partial charge in [0, 0.05) is 30.6 Å². The average molecular weight is 352 g/mol. The lowest BCUT2D eigenvalue weighted by Crippen LogP contribution is -2.43. The number of alkyl halides is 1. The summed E-state index contributed by atoms with van der Waals surface area (Å²) in [5.41, 5.74) is 0.623. The molecule has 1 saturated heterocycles. The van der Waals surface area contributed by atoms with E-state index in [0.29, 0.717) is 30.3 Å². The van der Waals surface area contributed by atoms with E-state index in [9.17, 15) is 8.42 Å². The van der Waals surface area contributed by atoms with E-state index >= 15 is 0 Å². The number of piperidine rings is 1. The lowest BCUT2D eigenvalue weighted by molar-refractivity contribution is 0.0265. The van der Waals surface area contributed by atoms with Crippen molar-refractivity contribution in [3.8, 4) is 0 Å². The Morgan fingerprint density at radius 3 is 2.86 bits per heavy atom. The number of benzene rings is 1. The first-order valence-corrected chi connectivity index (χ1v) is 9.30. The van der Waals surface area contributed by atoms with Gasteiger partial charge in [-0.05, 0) is 43.5 Å². The van der Waals surface area contributed by atoms with Crippen LogP contribution in [0.15, 0.2) is 23.1 Å². The summed E-state index contributed by atoms with van der Waals surface area (Å²) in [5.74, 6) is 0.184. The Kier molecular flexibility index (Phi) is 5.91. The van der Waals surface area contributed by atoms with Gasteiger partial charge >= 0.3 is 0 Å². The molecule has 1 aliphatic heterocycles. The molecule has 7 heteroatoms. The minimum Gasteiger partial charge on any atom is -0.377 e. The normalized spacial score (nSPS) is 20.6. The van der Waals surface area contributed by atoms with Crippen molar-refractivity contribution >= 4 is 33.2 Å². The second-order valence-electron chi connectivity index (χ2n) is 4.97. The molecule has 0 N–H and O–H groups in total. The van der Waals surface area contributed by atoms with Crippen molar-refractivity contribution in [1.29, 1.82) is 0 Å². The zero-order valence-corrected chi connectivity index (χ0v) is 14.2. The van der Waals surface area contributed by atoms with Crippen LogP contribution < -0.4 is 0 Å². The Bertz CT molecular complexity index is 590. The van der Waals surface area contributed by atoms with Gasteiger partial charge in [-0.2, -0.15) is 4.31 Å². The molecule has 1 unspecified atom stereocenters. The van der Waals surface area contributed by atoms with Crippen LogP contribution >= 0.6 is 23.2 Å². The lowest BCUT2D eigenvalue weighted by Gasteiger charge is -2.31. The van der Waals surface area contributed by atoms with E-state index in [1.807, 2.05) is 6.92 Å². The Morgan fingerprint density at radius 1 is 1.43 bits per heavy atom. The number of hydrogen-bond acceptors (Lipinski definition) is 3. The Morgan fingerprint density at radius 2 is 2.19 bits per heavy atom. The van der Waals surface area contributed by atoms with Crippen LogP contribution in [0.3, 0.4) is 0 Å². The molecule has 0 bridgehead atoms. The van der Waals surface area contributed by atoms with Gasteiger partial charge in [-0.1, -0.05) is 11.6 Å². The molecule has 1 aliphatic rings. The highest BCUT2D eigenvalue weighted by Crippen LogP contribution is 2.26. The largest absolute Gasteiger partial charge is 0.377 e. The summed E-state index contributed by atoms with van der Waals surface area (Å²) in [6.45, 7) is 3.43. The smallest absolute Gasteiger partial charge is 0.243 e. The van der Waals surface area contributed by atoms with Crippen LogP contribution in [0.4, 0.5) is 0 Å². The number of nitrogens with zero attached hydrogens (tertiary/aromatic N) is 1. The third-order valence-corrected chi connectivity index (χ3v) is 6.06. The molecule has 2 rings (SSSR count). The van der Waals surface area contributed by atoms with Gasteiger partial charge in [-0.3, -0.25) is 0 Å². The van der Waals surface area contributed by atoms with Gasteiger partial charge in [0.15, 0.2) is 0 Å². The molecule has 4 nitrogen and oxygen atoms in total. The maximum atomic E-state index is 12.7. The van der Waals surface area contributed by atoms with Crippen LogP contribution in [0.1, 0.15) is 25.3 Å². The van der Waals surface area contributed by atoms with E-state index in [0.717, 1.165) is 12.8 Å². The van der Waals surface area contributed by atoms with Gasteiger partial charge in [0.2, 0.25) is 10.0 Å². The van der Waals surface area contributed by atoms with Gasteiger partial charge < -0.3 is 4.74 Å². The molecule has 21 heavy (non-hydrogen) atoms. The number of sulfonamides is 1. The Balaban J connectivity index is 2.25. The van der Waals surface area contributed by atoms with Crippen LogP contribution in [-0.2, 0) is 20.6 Å². The molecule has 0 saturated carbocycles. The van der Waals surface area contributed by atoms with Gasteiger partial charge in [-0.15, -0.1) is 11.6 Å². The van der Waals surface area contributed by atoms with Crippen LogP contribution in [0.5, 0.6) is 0 Å². The highest BCUT2D eigenvalue weighted by molar-refractivity contribution is 7.89. The fourth-order valence-corrected chi connectivity index (χ4v) is 4.49. The van der Waals surface area contributed by atoms with Crippen LogP contribution in [0.2, 0.25) is 5.02 Å². The third kappa shape index (κ3) is 3.90. The predicted molar refractivity (Wildman–Crippen MR) is 84.4 cm³/mol. The molecular weight excluding hydrogens is 333 g/mol. The molecule has 118 valence electrons. The predicted octanol–water partition coefficient (Wildman–Crippen LogP) is 3.27. The van der Waals surface area contributed by atoms with Crippen molar-refractivity contribution in [1.82, 2.24) is 4.31 Å². The lowest BCUT2D eigenvalue weighted by atomic mass is 10.1. The topological polar surface area (TPSA) is 46.6 Å². The van der Waals surface area contributed by atoms with Gasteiger partial charge in [0.05, 0.1) is 11.0 Å². The molecule has 0 amide bonds. The molecular formula is C14H19Cl2NO3S. The summed E-state index contributed by atoms with van der Waals surface area (Å²) in [7, 11) is -3.53. The molecule has 1 aromatic carbocycles. The molecule has 1 heterocycles. The molecule has 1 aromatic rings. The van der Waals surface area contributed by atoms with Crippen LogP contribution in [-0.4, -0.2) is 38.5 Å². The SMILES string of the molecule is CCOC1CCCN(S(=O)(=O)c2ccc(Cl)c(CCl)c2)C1. The molecule has 0 aliphatic carbocycles. The number of ether oxygens (including phenoxy) is 1. The number of hydrogen-bond donors (Lipinski definition) is 0. The monoisotopic (exact) mass is 351 g/mol. The van der Waals surface area contributed by atoms with E-state index in [1.165, 1.54) is 10.4 Å². The second kappa shape index (κ2) is 7.29. The van der Waals surface area contributed by atoms with Crippen LogP contribution in [0, 0.1) is 0 Å². The highest BCUT2D eigenvalue weighted by Gasteiger charge is 2.30. The molecule has 1 fully saturated rings. The zero-order valence-electron chi connectivity index (χ0n) is 11.9. The van der Waals surface area contributed by atoms with Crippen LogP contribution in [0.25, 0.3) is 0 Å². The standard InChI is InChI=1S/C14H19Cl2NO3S/c1-2-20-12-4-3-7-17(10-12)21(18,19)13-5-6-14(16)11(8-13)9-15/h5-6,8,12H,2-4,7,9-10H2,1H3. The first-order chi connectivity index (χ1) is 9.98. The highest BCUT2D eigenvalue weighted by atomic mass is 35.5. The first kappa shape index (κ1) is 17.0. The first-order valence-electron chi connectivity index (χ1n) is 6.95. The average Bonchev–Trinajstić information content (AvgIpc) is 2.48. The maximum absolute atomic E-state index is 12.7. The summed E-state index contributed by atoms with van der Waals surface area (Å²) < 4.78 is 32.4. The van der Waals surface area contributed by atoms with Crippen molar-refractivity contribution in [3.05, 3.63) is 28.8 Å². The summed E-state index contributed by atoms with van der Waals surface area (Å²) in [6.07, 6.45) is 1.67. The summed E-state index contributed by atoms with van der Waals surface area (Å²) in [6, 6.07) is 4.66. The van der Waals surface area contributed by atoms with Crippen molar-refractivity contribution in [2.75, 3.05) is 19.7 Å². The van der Waals surface area contributed by atoms with Gasteiger partial charge in [-0.25, -0.2) is 8.42 Å². The van der Waals surface area contributed by atoms with Gasteiger partial charge in [0.1, 0.15) is 0 Å². The quantitative estimate of drug-likeness (QED) is 0.764. The van der Waals surface area contributed by atoms with Gasteiger partial charge in [0.25, 0.3) is 0 Å². The molecule has 0 spiro atoms. The fourth-order valence-electron chi connectivity index (χ4n) is 2.46. The van der Waals surface area contributed by atoms with Crippen molar-refractivity contribution in [2.24, 2.45) is 0 Å². The van der Waals surface area contributed by atoms with E-state index in [-0.39, 0.29) is 16.9 Å². The van der Waals surface area contributed by atoms with Crippen molar-refractivity contribution in [3.63, 3.8) is 0 Å². The van der Waals surface area contributed by atoms with Crippen molar-refractivity contribution in [2.45, 2.75) is 36.6 Å². The van der Waals surface area contributed by atoms with E-state index in [4.69, 9.17) is 27.9 Å². The Labute approximate surface area is 136 Å². The number of rotatable bonds is 5. The van der Waals surface area contributed by atoms with E-state index in [1.54, 1.807) is 12.1 Å². The number of halogens is 2. The third-order valence-electron chi connectivity index (χ3n) is 3.54. The maximum Gasteiger partial charge on any atom is 0.243 e. The Hall–Kier alpha value is -0.330. The molecule has 0 aromatic heterocycles. The fraction of sp³-hybridized carbons (Fsp3) is 0.571. The molecule has 1 atom stereocenters. The minimum atomic E-state index is -3.53. The van der Waals surface area contributed by atoms with E-state index in [2.05, 4.69) is 0 Å². The minimum absolute atomic E-state index is 0.0293.